The molecule has 1 aromatic carbocycles. The second-order valence-electron chi connectivity index (χ2n) is 8.02. The van der Waals surface area contributed by atoms with E-state index in [0.717, 1.165) is 10.5 Å². The van der Waals surface area contributed by atoms with Crippen LogP contribution in [0.15, 0.2) is 30.3 Å². The Hall–Kier alpha value is -2.09. The monoisotopic (exact) mass is 443 g/mol. The summed E-state index contributed by atoms with van der Waals surface area (Å²) in [6.45, 7) is 5.05. The highest BCUT2D eigenvalue weighted by molar-refractivity contribution is 5.83. The Morgan fingerprint density at radius 1 is 1.03 bits per heavy atom. The van der Waals surface area contributed by atoms with Gasteiger partial charge >= 0.3 is 18.1 Å². The van der Waals surface area contributed by atoms with E-state index in [0.29, 0.717) is 38.9 Å². The standard InChI is InChI=1S/C20H24F3NO4.C3H8/c21-20(22,23)19(26)24(16-8-10-27-11-9-16)17-7-6-15(12-17)18(25)28-13-14-4-2-1-3-5-14;1-3-2/h1-5,15-17H,6-13H2;3H2,1-2H3/t15?,17-;/m1./s1. The maximum Gasteiger partial charge on any atom is 0.471 e. The van der Waals surface area contributed by atoms with Crippen molar-refractivity contribution in [1.29, 1.82) is 0 Å². The summed E-state index contributed by atoms with van der Waals surface area (Å²) in [7, 11) is 0. The zero-order valence-corrected chi connectivity index (χ0v) is 18.2. The Balaban J connectivity index is 0.00000107. The number of esters is 1. The summed E-state index contributed by atoms with van der Waals surface area (Å²) >= 11 is 0. The molecular formula is C23H32F3NO4. The maximum atomic E-state index is 13.2. The average molecular weight is 444 g/mol. The van der Waals surface area contributed by atoms with Gasteiger partial charge in [0.05, 0.1) is 5.92 Å². The van der Waals surface area contributed by atoms with Gasteiger partial charge in [-0.05, 0) is 37.7 Å². The van der Waals surface area contributed by atoms with E-state index >= 15 is 0 Å². The third-order valence-electron chi connectivity index (χ3n) is 5.42. The van der Waals surface area contributed by atoms with E-state index in [1.807, 2.05) is 30.3 Å². The van der Waals surface area contributed by atoms with Gasteiger partial charge in [-0.25, -0.2) is 0 Å². The van der Waals surface area contributed by atoms with E-state index < -0.39 is 36.1 Å². The van der Waals surface area contributed by atoms with Gasteiger partial charge in [-0.1, -0.05) is 50.6 Å². The van der Waals surface area contributed by atoms with E-state index in [2.05, 4.69) is 13.8 Å². The van der Waals surface area contributed by atoms with Crippen molar-refractivity contribution in [3.8, 4) is 0 Å². The van der Waals surface area contributed by atoms with Crippen molar-refractivity contribution in [2.24, 2.45) is 5.92 Å². The lowest BCUT2D eigenvalue weighted by molar-refractivity contribution is -0.192. The molecule has 2 aliphatic rings. The molecule has 0 radical (unpaired) electrons. The summed E-state index contributed by atoms with van der Waals surface area (Å²) in [6, 6.07) is 8.08. The Kier molecular flexibility index (Phi) is 9.81. The molecule has 2 atom stereocenters. The summed E-state index contributed by atoms with van der Waals surface area (Å²) < 4.78 is 50.0. The van der Waals surface area contributed by atoms with Crippen LogP contribution in [-0.4, -0.2) is 48.3 Å². The smallest absolute Gasteiger partial charge is 0.461 e. The van der Waals surface area contributed by atoms with Crippen LogP contribution >= 0.6 is 0 Å². The summed E-state index contributed by atoms with van der Waals surface area (Å²) in [6.07, 6.45) is -1.94. The SMILES string of the molecule is CCC.O=C(OCc1ccccc1)C1CC[C@@H](N(C(=O)C(F)(F)F)C2CCOCC2)C1. The average Bonchev–Trinajstić information content (AvgIpc) is 3.23. The molecule has 1 aromatic rings. The Morgan fingerprint density at radius 3 is 2.23 bits per heavy atom. The first-order valence-corrected chi connectivity index (χ1v) is 11.0. The van der Waals surface area contributed by atoms with Crippen molar-refractivity contribution in [2.45, 2.75) is 77.2 Å². The number of hydrogen-bond donors (Lipinski definition) is 0. The topological polar surface area (TPSA) is 55.8 Å². The molecule has 0 aromatic heterocycles. The van der Waals surface area contributed by atoms with Crippen molar-refractivity contribution in [3.63, 3.8) is 0 Å². The van der Waals surface area contributed by atoms with Gasteiger partial charge in [0.25, 0.3) is 0 Å². The van der Waals surface area contributed by atoms with Crippen LogP contribution in [0.4, 0.5) is 13.2 Å². The fraction of sp³-hybridized carbons (Fsp3) is 0.652. The number of carbonyl (C=O) groups excluding carboxylic acids is 2. The lowest BCUT2D eigenvalue weighted by atomic mass is 10.0. The summed E-state index contributed by atoms with van der Waals surface area (Å²) in [5.41, 5.74) is 0.849. The molecule has 2 fully saturated rings. The second kappa shape index (κ2) is 12.1. The minimum absolute atomic E-state index is 0.131. The van der Waals surface area contributed by atoms with Crippen molar-refractivity contribution in [2.75, 3.05) is 13.2 Å². The fourth-order valence-corrected chi connectivity index (χ4v) is 4.01. The first-order chi connectivity index (χ1) is 14.8. The Bertz CT molecular complexity index is 690. The molecule has 8 heteroatoms. The predicted molar refractivity (Wildman–Crippen MR) is 110 cm³/mol. The van der Waals surface area contributed by atoms with Crippen LogP contribution in [0.2, 0.25) is 0 Å². The maximum absolute atomic E-state index is 13.2. The van der Waals surface area contributed by atoms with Crippen LogP contribution in [0.3, 0.4) is 0 Å². The van der Waals surface area contributed by atoms with Gasteiger partial charge in [0.1, 0.15) is 6.61 Å². The Labute approximate surface area is 181 Å². The number of halogens is 3. The molecule has 31 heavy (non-hydrogen) atoms. The zero-order valence-electron chi connectivity index (χ0n) is 18.2. The van der Waals surface area contributed by atoms with Gasteiger partial charge in [-0.2, -0.15) is 13.2 Å². The molecule has 1 saturated heterocycles. The third kappa shape index (κ3) is 7.52. The number of nitrogens with zero attached hydrogens (tertiary/aromatic N) is 1. The van der Waals surface area contributed by atoms with Crippen LogP contribution in [0.25, 0.3) is 0 Å². The molecule has 3 rings (SSSR count). The predicted octanol–water partition coefficient (Wildman–Crippen LogP) is 4.88. The number of carbonyl (C=O) groups is 2. The van der Waals surface area contributed by atoms with Gasteiger partial charge in [-0.15, -0.1) is 0 Å². The lowest BCUT2D eigenvalue weighted by Crippen LogP contribution is -2.53. The van der Waals surface area contributed by atoms with Crippen LogP contribution in [0.1, 0.15) is 57.9 Å². The molecule has 1 aliphatic carbocycles. The lowest BCUT2D eigenvalue weighted by Gasteiger charge is -2.39. The third-order valence-corrected chi connectivity index (χ3v) is 5.42. The van der Waals surface area contributed by atoms with Gasteiger partial charge in [0.2, 0.25) is 0 Å². The molecule has 1 aliphatic heterocycles. The van der Waals surface area contributed by atoms with E-state index in [1.54, 1.807) is 0 Å². The highest BCUT2D eigenvalue weighted by Gasteiger charge is 2.49. The minimum Gasteiger partial charge on any atom is -0.461 e. The highest BCUT2D eigenvalue weighted by atomic mass is 19.4. The van der Waals surface area contributed by atoms with Crippen LogP contribution < -0.4 is 0 Å². The number of ether oxygens (including phenoxy) is 2. The molecule has 1 heterocycles. The largest absolute Gasteiger partial charge is 0.471 e. The zero-order chi connectivity index (χ0) is 22.9. The fourth-order valence-electron chi connectivity index (χ4n) is 4.01. The van der Waals surface area contributed by atoms with E-state index in [1.165, 1.54) is 6.42 Å². The van der Waals surface area contributed by atoms with Crippen LogP contribution in [0.5, 0.6) is 0 Å². The van der Waals surface area contributed by atoms with Gasteiger partial charge in [-0.3, -0.25) is 9.59 Å². The molecule has 0 N–H and O–H groups in total. The first kappa shape index (κ1) is 25.2. The van der Waals surface area contributed by atoms with Crippen molar-refractivity contribution < 1.29 is 32.2 Å². The molecule has 1 amide bonds. The molecule has 0 spiro atoms. The molecule has 1 saturated carbocycles. The summed E-state index contributed by atoms with van der Waals surface area (Å²) in [5.74, 6) is -2.72. The van der Waals surface area contributed by atoms with Gasteiger partial charge < -0.3 is 14.4 Å². The number of hydrogen-bond acceptors (Lipinski definition) is 4. The van der Waals surface area contributed by atoms with E-state index in [-0.39, 0.29) is 13.0 Å². The number of amides is 1. The molecular weight excluding hydrogens is 411 g/mol. The van der Waals surface area contributed by atoms with Gasteiger partial charge in [0.15, 0.2) is 0 Å². The van der Waals surface area contributed by atoms with Gasteiger partial charge in [0, 0.05) is 25.3 Å². The molecule has 174 valence electrons. The molecule has 5 nitrogen and oxygen atoms in total. The van der Waals surface area contributed by atoms with E-state index in [4.69, 9.17) is 9.47 Å². The molecule has 0 bridgehead atoms. The van der Waals surface area contributed by atoms with E-state index in [9.17, 15) is 22.8 Å². The summed E-state index contributed by atoms with van der Waals surface area (Å²) in [4.78, 5) is 25.4. The number of benzene rings is 1. The van der Waals surface area contributed by atoms with Crippen molar-refractivity contribution in [1.82, 2.24) is 4.90 Å². The van der Waals surface area contributed by atoms with Crippen LogP contribution in [-0.2, 0) is 25.7 Å². The Morgan fingerprint density at radius 2 is 1.65 bits per heavy atom. The number of rotatable bonds is 5. The quantitative estimate of drug-likeness (QED) is 0.609. The van der Waals surface area contributed by atoms with Crippen molar-refractivity contribution in [3.05, 3.63) is 35.9 Å². The minimum atomic E-state index is -4.93. The van der Waals surface area contributed by atoms with Crippen molar-refractivity contribution >= 4 is 11.9 Å². The highest BCUT2D eigenvalue weighted by Crippen LogP contribution is 2.35. The summed E-state index contributed by atoms with van der Waals surface area (Å²) in [5, 5.41) is 0. The first-order valence-electron chi connectivity index (χ1n) is 11.0. The second-order valence-corrected chi connectivity index (χ2v) is 8.02. The molecule has 1 unspecified atom stereocenters. The normalized spacial score (nSPS) is 21.7. The van der Waals surface area contributed by atoms with Crippen LogP contribution in [0, 0.1) is 5.92 Å². The number of alkyl halides is 3.